The molecule has 2 rings (SSSR count). The summed E-state index contributed by atoms with van der Waals surface area (Å²) in [6.45, 7) is 2.63. The fraction of sp³-hybridized carbons (Fsp3) is 0.375. The zero-order chi connectivity index (χ0) is 18.2. The van der Waals surface area contributed by atoms with Crippen LogP contribution in [0.5, 0.6) is 0 Å². The second-order valence-electron chi connectivity index (χ2n) is 5.61. The van der Waals surface area contributed by atoms with Crippen LogP contribution in [0.3, 0.4) is 0 Å². The highest BCUT2D eigenvalue weighted by Crippen LogP contribution is 2.18. The lowest BCUT2D eigenvalue weighted by molar-refractivity contribution is -0.385. The SMILES string of the molecule is CCCCC(NCc1ccccc1)Nc1nc(N)[nH]c(=O)c1[N+](=O)[O-]. The molecule has 1 aromatic heterocycles. The van der Waals surface area contributed by atoms with Gasteiger partial charge in [-0.05, 0) is 12.0 Å². The average Bonchev–Trinajstić information content (AvgIpc) is 2.57. The van der Waals surface area contributed by atoms with Crippen LogP contribution in [0.15, 0.2) is 35.1 Å². The summed E-state index contributed by atoms with van der Waals surface area (Å²) in [5.41, 5.74) is 5.08. The highest BCUT2D eigenvalue weighted by molar-refractivity contribution is 5.56. The van der Waals surface area contributed by atoms with Crippen molar-refractivity contribution in [2.24, 2.45) is 0 Å². The minimum Gasteiger partial charge on any atom is -0.369 e. The van der Waals surface area contributed by atoms with Crippen molar-refractivity contribution in [1.29, 1.82) is 0 Å². The first-order valence-electron chi connectivity index (χ1n) is 8.09. The van der Waals surface area contributed by atoms with Crippen molar-refractivity contribution in [1.82, 2.24) is 15.3 Å². The molecule has 0 spiro atoms. The molecular formula is C16H22N6O3. The van der Waals surface area contributed by atoms with Crippen LogP contribution in [0.25, 0.3) is 0 Å². The van der Waals surface area contributed by atoms with E-state index in [9.17, 15) is 14.9 Å². The van der Waals surface area contributed by atoms with Crippen molar-refractivity contribution in [3.05, 3.63) is 56.4 Å². The molecule has 25 heavy (non-hydrogen) atoms. The number of nitrogens with zero attached hydrogens (tertiary/aromatic N) is 2. The number of nitro groups is 1. The van der Waals surface area contributed by atoms with Crippen LogP contribution in [0.4, 0.5) is 17.5 Å². The van der Waals surface area contributed by atoms with Crippen molar-refractivity contribution in [2.45, 2.75) is 38.9 Å². The number of H-pyrrole nitrogens is 1. The van der Waals surface area contributed by atoms with Crippen LogP contribution in [0.1, 0.15) is 31.7 Å². The monoisotopic (exact) mass is 346 g/mol. The predicted octanol–water partition coefficient (Wildman–Crippen LogP) is 1.98. The van der Waals surface area contributed by atoms with E-state index < -0.39 is 16.2 Å². The zero-order valence-corrected chi connectivity index (χ0v) is 14.0. The number of nitrogens with two attached hydrogens (primary N) is 1. The van der Waals surface area contributed by atoms with Crippen molar-refractivity contribution in [3.8, 4) is 0 Å². The van der Waals surface area contributed by atoms with Gasteiger partial charge in [-0.25, -0.2) is 0 Å². The molecule has 0 aliphatic carbocycles. The summed E-state index contributed by atoms with van der Waals surface area (Å²) in [7, 11) is 0. The number of aromatic nitrogens is 2. The lowest BCUT2D eigenvalue weighted by atomic mass is 10.2. The Morgan fingerprint density at radius 3 is 2.72 bits per heavy atom. The van der Waals surface area contributed by atoms with Crippen LogP contribution < -0.4 is 21.9 Å². The van der Waals surface area contributed by atoms with E-state index >= 15 is 0 Å². The molecule has 1 atom stereocenters. The van der Waals surface area contributed by atoms with Gasteiger partial charge in [0, 0.05) is 6.54 Å². The van der Waals surface area contributed by atoms with Crippen LogP contribution in [-0.4, -0.2) is 21.1 Å². The van der Waals surface area contributed by atoms with Gasteiger partial charge in [0.2, 0.25) is 11.8 Å². The van der Waals surface area contributed by atoms with E-state index in [0.29, 0.717) is 6.54 Å². The van der Waals surface area contributed by atoms with Crippen LogP contribution in [0.2, 0.25) is 0 Å². The minimum absolute atomic E-state index is 0.132. The Morgan fingerprint density at radius 2 is 2.08 bits per heavy atom. The lowest BCUT2D eigenvalue weighted by Gasteiger charge is -2.20. The third-order valence-corrected chi connectivity index (χ3v) is 3.65. The van der Waals surface area contributed by atoms with Crippen LogP contribution in [-0.2, 0) is 6.54 Å². The molecule has 0 radical (unpaired) electrons. The molecule has 0 saturated carbocycles. The first-order valence-corrected chi connectivity index (χ1v) is 8.09. The number of nitrogen functional groups attached to an aromatic ring is 1. The molecule has 0 bridgehead atoms. The summed E-state index contributed by atoms with van der Waals surface area (Å²) < 4.78 is 0. The molecule has 0 saturated heterocycles. The Kier molecular flexibility index (Phi) is 6.47. The van der Waals surface area contributed by atoms with Gasteiger partial charge >= 0.3 is 11.2 Å². The van der Waals surface area contributed by atoms with Gasteiger partial charge in [-0.1, -0.05) is 50.1 Å². The zero-order valence-electron chi connectivity index (χ0n) is 14.0. The number of rotatable bonds is 9. The minimum atomic E-state index is -0.877. The Bertz CT molecular complexity index is 762. The molecule has 9 heteroatoms. The van der Waals surface area contributed by atoms with E-state index in [0.717, 1.165) is 24.8 Å². The average molecular weight is 346 g/mol. The third-order valence-electron chi connectivity index (χ3n) is 3.65. The molecule has 0 aliphatic rings. The number of anilines is 2. The molecule has 0 fully saturated rings. The Balaban J connectivity index is 2.18. The fourth-order valence-corrected chi connectivity index (χ4v) is 2.39. The van der Waals surface area contributed by atoms with E-state index in [-0.39, 0.29) is 17.9 Å². The van der Waals surface area contributed by atoms with Gasteiger partial charge in [-0.3, -0.25) is 25.2 Å². The van der Waals surface area contributed by atoms with E-state index in [1.165, 1.54) is 0 Å². The van der Waals surface area contributed by atoms with E-state index in [4.69, 9.17) is 5.73 Å². The lowest BCUT2D eigenvalue weighted by Crippen LogP contribution is -2.37. The largest absolute Gasteiger partial charge is 0.375 e. The molecular weight excluding hydrogens is 324 g/mol. The maximum Gasteiger partial charge on any atom is 0.375 e. The molecule has 1 aromatic carbocycles. The Morgan fingerprint density at radius 1 is 1.36 bits per heavy atom. The molecule has 5 N–H and O–H groups in total. The number of unbranched alkanes of at least 4 members (excludes halogenated alkanes) is 1. The number of nitrogens with one attached hydrogen (secondary N) is 3. The van der Waals surface area contributed by atoms with E-state index in [2.05, 4.69) is 27.5 Å². The van der Waals surface area contributed by atoms with Crippen molar-refractivity contribution >= 4 is 17.5 Å². The van der Waals surface area contributed by atoms with Crippen molar-refractivity contribution in [2.75, 3.05) is 11.1 Å². The van der Waals surface area contributed by atoms with E-state index in [1.54, 1.807) is 0 Å². The normalized spacial score (nSPS) is 11.9. The second kappa shape index (κ2) is 8.78. The number of hydrogen-bond donors (Lipinski definition) is 4. The molecule has 9 nitrogen and oxygen atoms in total. The molecule has 0 aliphatic heterocycles. The van der Waals surface area contributed by atoms with Crippen molar-refractivity contribution < 1.29 is 4.92 Å². The maximum absolute atomic E-state index is 11.8. The smallest absolute Gasteiger partial charge is 0.369 e. The summed E-state index contributed by atoms with van der Waals surface area (Å²) >= 11 is 0. The molecule has 0 amide bonds. The summed E-state index contributed by atoms with van der Waals surface area (Å²) in [6.07, 6.45) is 2.31. The topological polar surface area (TPSA) is 139 Å². The number of benzene rings is 1. The first-order chi connectivity index (χ1) is 12.0. The van der Waals surface area contributed by atoms with Crippen LogP contribution in [0, 0.1) is 10.1 Å². The molecule has 2 aromatic rings. The van der Waals surface area contributed by atoms with Gasteiger partial charge in [0.05, 0.1) is 11.1 Å². The summed E-state index contributed by atoms with van der Waals surface area (Å²) in [4.78, 5) is 28.2. The second-order valence-corrected chi connectivity index (χ2v) is 5.61. The first kappa shape index (κ1) is 18.4. The predicted molar refractivity (Wildman–Crippen MR) is 96.1 cm³/mol. The summed E-state index contributed by atoms with van der Waals surface area (Å²) in [5.74, 6) is -0.302. The Labute approximate surface area is 144 Å². The van der Waals surface area contributed by atoms with Gasteiger partial charge in [0.25, 0.3) is 0 Å². The quantitative estimate of drug-likeness (QED) is 0.309. The standard InChI is InChI=1S/C16H22N6O3/c1-2-3-9-12(18-10-11-7-5-4-6-8-11)19-14-13(22(24)25)15(23)21-16(17)20-14/h4-8,12,18H,2-3,9-10H2,1H3,(H4,17,19,20,21,23). The molecule has 1 unspecified atom stereocenters. The number of hydrogen-bond acceptors (Lipinski definition) is 7. The van der Waals surface area contributed by atoms with Crippen molar-refractivity contribution in [3.63, 3.8) is 0 Å². The summed E-state index contributed by atoms with van der Waals surface area (Å²) in [6, 6.07) is 9.78. The molecule has 134 valence electrons. The Hall–Kier alpha value is -2.94. The van der Waals surface area contributed by atoms with Gasteiger partial charge in [0.1, 0.15) is 0 Å². The number of aromatic amines is 1. The van der Waals surface area contributed by atoms with Gasteiger partial charge in [-0.15, -0.1) is 0 Å². The molecule has 1 heterocycles. The highest BCUT2D eigenvalue weighted by atomic mass is 16.6. The van der Waals surface area contributed by atoms with E-state index in [1.807, 2.05) is 30.3 Å². The van der Waals surface area contributed by atoms with Gasteiger partial charge in [-0.2, -0.15) is 4.98 Å². The van der Waals surface area contributed by atoms with Gasteiger partial charge < -0.3 is 11.1 Å². The highest BCUT2D eigenvalue weighted by Gasteiger charge is 2.24. The summed E-state index contributed by atoms with van der Waals surface area (Å²) in [5, 5.41) is 17.4. The van der Waals surface area contributed by atoms with Crippen LogP contribution >= 0.6 is 0 Å². The van der Waals surface area contributed by atoms with Gasteiger partial charge in [0.15, 0.2) is 0 Å². The third kappa shape index (κ3) is 5.28. The maximum atomic E-state index is 11.8. The fourth-order valence-electron chi connectivity index (χ4n) is 2.39.